The van der Waals surface area contributed by atoms with Crippen LogP contribution in [-0.4, -0.2) is 41.8 Å². The summed E-state index contributed by atoms with van der Waals surface area (Å²) in [6.45, 7) is 3.51. The zero-order chi connectivity index (χ0) is 25.6. The number of methoxy groups -OCH3 is 1. The van der Waals surface area contributed by atoms with Gasteiger partial charge in [0.1, 0.15) is 11.8 Å². The lowest BCUT2D eigenvalue weighted by Gasteiger charge is -2.32. The Morgan fingerprint density at radius 1 is 1.24 bits per heavy atom. The van der Waals surface area contributed by atoms with Crippen LogP contribution < -0.4 is 15.8 Å². The van der Waals surface area contributed by atoms with Gasteiger partial charge in [-0.1, -0.05) is 13.0 Å². The maximum Gasteiger partial charge on any atom is 0.417 e. The number of carbonyl (C=O) groups excluding carboxylic acids is 2. The number of aromatic nitrogens is 1. The molecule has 7 nitrogen and oxygen atoms in total. The molecule has 0 radical (unpaired) electrons. The third kappa shape index (κ3) is 4.29. The molecule has 0 saturated carbocycles. The van der Waals surface area contributed by atoms with Crippen LogP contribution in [0.15, 0.2) is 24.3 Å². The van der Waals surface area contributed by atoms with Crippen molar-refractivity contribution < 1.29 is 41.0 Å². The number of hydrogen-bond donors (Lipinski definition) is 2. The monoisotopic (exact) mass is 487 g/mol. The van der Waals surface area contributed by atoms with Crippen LogP contribution in [0.25, 0.3) is 0 Å². The van der Waals surface area contributed by atoms with Gasteiger partial charge in [0.15, 0.2) is 17.2 Å². The number of ether oxygens (including phenoxy) is 2. The lowest BCUT2D eigenvalue weighted by atomic mass is 9.77. The minimum absolute atomic E-state index is 0.0409. The Hall–Kier alpha value is -3.28. The van der Waals surface area contributed by atoms with Gasteiger partial charge < -0.3 is 20.5 Å². The first-order chi connectivity index (χ1) is 15.7. The van der Waals surface area contributed by atoms with Crippen molar-refractivity contribution in [3.05, 3.63) is 52.9 Å². The number of nitrogens with one attached hydrogen (secondary N) is 1. The maximum absolute atomic E-state index is 14.4. The SMILES string of the molecule is COc1c([C@H]2[C@@H](C(=O)Nc3cc(C)nc(C(N)=O)c3)O[C@](C)(C(F)(F)F)[C@@H]2C)ccc(F)c1F. The second-order valence-electron chi connectivity index (χ2n) is 8.18. The highest BCUT2D eigenvalue weighted by molar-refractivity contribution is 5.97. The fourth-order valence-corrected chi connectivity index (χ4v) is 4.12. The van der Waals surface area contributed by atoms with Crippen LogP contribution in [0.1, 0.15) is 41.5 Å². The summed E-state index contributed by atoms with van der Waals surface area (Å²) in [5.41, 5.74) is 2.45. The number of anilines is 1. The largest absolute Gasteiger partial charge is 0.493 e. The van der Waals surface area contributed by atoms with Gasteiger partial charge >= 0.3 is 6.18 Å². The van der Waals surface area contributed by atoms with Crippen LogP contribution in [-0.2, 0) is 9.53 Å². The number of rotatable bonds is 5. The summed E-state index contributed by atoms with van der Waals surface area (Å²) in [4.78, 5) is 28.5. The first-order valence-electron chi connectivity index (χ1n) is 10.1. The number of aryl methyl sites for hydroxylation is 1. The summed E-state index contributed by atoms with van der Waals surface area (Å²) in [6.07, 6.45) is -6.66. The van der Waals surface area contributed by atoms with Crippen molar-refractivity contribution in [2.24, 2.45) is 11.7 Å². The Labute approximate surface area is 191 Å². The molecule has 1 aliphatic rings. The molecule has 184 valence electrons. The van der Waals surface area contributed by atoms with Crippen molar-refractivity contribution in [1.29, 1.82) is 0 Å². The standard InChI is InChI=1S/C22H22F5N3O4/c1-9-7-11(8-14(29-9)19(28)31)30-20(32)18-15(10(2)21(3,34-18)22(25,26)27)12-5-6-13(23)16(24)17(12)33-4/h5-8,10,15,18H,1-4H3,(H2,28,31)(H,29,30,32)/t10-,15+,18+,21+/m1/s1. The topological polar surface area (TPSA) is 104 Å². The molecule has 0 unspecified atom stereocenters. The highest BCUT2D eigenvalue weighted by Crippen LogP contribution is 2.55. The third-order valence-corrected chi connectivity index (χ3v) is 6.04. The van der Waals surface area contributed by atoms with Crippen LogP contribution in [0, 0.1) is 24.5 Å². The summed E-state index contributed by atoms with van der Waals surface area (Å²) >= 11 is 0. The van der Waals surface area contributed by atoms with E-state index < -0.39 is 58.9 Å². The van der Waals surface area contributed by atoms with Crippen molar-refractivity contribution in [2.45, 2.75) is 44.6 Å². The second-order valence-corrected chi connectivity index (χ2v) is 8.18. The third-order valence-electron chi connectivity index (χ3n) is 6.04. The van der Waals surface area contributed by atoms with Gasteiger partial charge in [0, 0.05) is 28.8 Å². The Morgan fingerprint density at radius 2 is 1.88 bits per heavy atom. The molecule has 3 rings (SSSR count). The zero-order valence-electron chi connectivity index (χ0n) is 18.6. The van der Waals surface area contributed by atoms with E-state index in [0.29, 0.717) is 5.69 Å². The molecular formula is C22H22F5N3O4. The first-order valence-corrected chi connectivity index (χ1v) is 10.1. The summed E-state index contributed by atoms with van der Waals surface area (Å²) in [6, 6.07) is 4.33. The molecule has 1 saturated heterocycles. The molecule has 2 aromatic rings. The number of carbonyl (C=O) groups is 2. The van der Waals surface area contributed by atoms with E-state index in [1.807, 2.05) is 0 Å². The molecule has 1 aliphatic heterocycles. The van der Waals surface area contributed by atoms with Gasteiger partial charge in [-0.15, -0.1) is 0 Å². The molecule has 1 aromatic heterocycles. The molecule has 1 aromatic carbocycles. The normalized spacial score (nSPS) is 24.7. The van der Waals surface area contributed by atoms with E-state index in [0.717, 1.165) is 32.2 Å². The molecular weight excluding hydrogens is 465 g/mol. The van der Waals surface area contributed by atoms with Crippen LogP contribution in [0.2, 0.25) is 0 Å². The summed E-state index contributed by atoms with van der Waals surface area (Å²) in [5, 5.41) is 2.41. The first kappa shape index (κ1) is 25.3. The fourth-order valence-electron chi connectivity index (χ4n) is 4.12. The highest BCUT2D eigenvalue weighted by atomic mass is 19.4. The predicted octanol–water partition coefficient (Wildman–Crippen LogP) is 3.85. The Balaban J connectivity index is 2.09. The lowest BCUT2D eigenvalue weighted by Crippen LogP contribution is -2.47. The van der Waals surface area contributed by atoms with E-state index in [4.69, 9.17) is 15.2 Å². The zero-order valence-corrected chi connectivity index (χ0v) is 18.6. The lowest BCUT2D eigenvalue weighted by molar-refractivity contribution is -0.272. The molecule has 0 bridgehead atoms. The number of pyridine rings is 1. The number of amides is 2. The molecule has 0 aliphatic carbocycles. The number of halogens is 5. The second kappa shape index (κ2) is 8.82. The van der Waals surface area contributed by atoms with Crippen molar-refractivity contribution in [3.8, 4) is 5.75 Å². The van der Waals surface area contributed by atoms with Gasteiger partial charge in [0.25, 0.3) is 11.8 Å². The number of nitrogens with zero attached hydrogens (tertiary/aromatic N) is 1. The van der Waals surface area contributed by atoms with E-state index in [-0.39, 0.29) is 16.9 Å². The minimum Gasteiger partial charge on any atom is -0.493 e. The molecule has 4 atom stereocenters. The number of alkyl halides is 3. The number of hydrogen-bond acceptors (Lipinski definition) is 5. The molecule has 0 spiro atoms. The van der Waals surface area contributed by atoms with Gasteiger partial charge in [-0.25, -0.2) is 9.37 Å². The van der Waals surface area contributed by atoms with Gasteiger partial charge in [0.2, 0.25) is 5.82 Å². The van der Waals surface area contributed by atoms with Gasteiger partial charge in [-0.2, -0.15) is 17.6 Å². The van der Waals surface area contributed by atoms with Gasteiger partial charge in [-0.05, 0) is 32.0 Å². The maximum atomic E-state index is 14.4. The molecule has 2 amide bonds. The number of benzene rings is 1. The number of nitrogens with two attached hydrogens (primary N) is 1. The number of primary amides is 1. The Bertz CT molecular complexity index is 1140. The molecule has 12 heteroatoms. The van der Waals surface area contributed by atoms with Crippen LogP contribution >= 0.6 is 0 Å². The summed E-state index contributed by atoms with van der Waals surface area (Å²) in [7, 11) is 1.03. The quantitative estimate of drug-likeness (QED) is 0.624. The Kier molecular flexibility index (Phi) is 6.57. The molecule has 1 fully saturated rings. The average molecular weight is 487 g/mol. The van der Waals surface area contributed by atoms with Crippen molar-refractivity contribution in [1.82, 2.24) is 4.98 Å². The summed E-state index contributed by atoms with van der Waals surface area (Å²) < 4.78 is 80.3. The molecule has 34 heavy (non-hydrogen) atoms. The van der Waals surface area contributed by atoms with E-state index in [9.17, 15) is 31.5 Å². The van der Waals surface area contributed by atoms with Crippen LogP contribution in [0.4, 0.5) is 27.6 Å². The van der Waals surface area contributed by atoms with E-state index in [1.165, 1.54) is 19.9 Å². The highest BCUT2D eigenvalue weighted by Gasteiger charge is 2.65. The van der Waals surface area contributed by atoms with Crippen molar-refractivity contribution in [2.75, 3.05) is 12.4 Å². The average Bonchev–Trinajstić information content (AvgIpc) is 3.01. The Morgan fingerprint density at radius 3 is 2.44 bits per heavy atom. The predicted molar refractivity (Wildman–Crippen MR) is 110 cm³/mol. The van der Waals surface area contributed by atoms with Gasteiger partial charge in [0.05, 0.1) is 7.11 Å². The van der Waals surface area contributed by atoms with Crippen molar-refractivity contribution in [3.63, 3.8) is 0 Å². The van der Waals surface area contributed by atoms with Gasteiger partial charge in [-0.3, -0.25) is 9.59 Å². The molecule has 2 heterocycles. The summed E-state index contributed by atoms with van der Waals surface area (Å²) in [5.74, 6) is -7.93. The fraction of sp³-hybridized carbons (Fsp3) is 0.409. The van der Waals surface area contributed by atoms with E-state index in [2.05, 4.69) is 10.3 Å². The minimum atomic E-state index is -4.89. The van der Waals surface area contributed by atoms with E-state index >= 15 is 0 Å². The smallest absolute Gasteiger partial charge is 0.417 e. The van der Waals surface area contributed by atoms with Crippen LogP contribution in [0.5, 0.6) is 5.75 Å². The molecule has 3 N–H and O–H groups in total. The van der Waals surface area contributed by atoms with E-state index in [1.54, 1.807) is 0 Å². The van der Waals surface area contributed by atoms with Crippen LogP contribution in [0.3, 0.4) is 0 Å². The van der Waals surface area contributed by atoms with Crippen molar-refractivity contribution >= 4 is 17.5 Å².